The summed E-state index contributed by atoms with van der Waals surface area (Å²) in [5, 5.41) is 6.51. The van der Waals surface area contributed by atoms with E-state index in [2.05, 4.69) is 41.8 Å². The molecule has 3 rings (SSSR count). The Morgan fingerprint density at radius 3 is 2.42 bits per heavy atom. The van der Waals surface area contributed by atoms with Crippen LogP contribution in [0.3, 0.4) is 0 Å². The van der Waals surface area contributed by atoms with Crippen molar-refractivity contribution in [2.45, 2.75) is 25.8 Å². The molecule has 1 aromatic carbocycles. The fraction of sp³-hybridized carbons (Fsp3) is 0.562. The molecule has 2 aliphatic rings. The van der Waals surface area contributed by atoms with Gasteiger partial charge in [-0.3, -0.25) is 4.79 Å². The molecule has 2 fully saturated rings. The van der Waals surface area contributed by atoms with Crippen molar-refractivity contribution in [2.24, 2.45) is 17.8 Å². The number of nitrogens with one attached hydrogen (secondary N) is 2. The Hall–Kier alpha value is -1.35. The van der Waals surface area contributed by atoms with Gasteiger partial charge in [-0.25, -0.2) is 0 Å². The van der Waals surface area contributed by atoms with Gasteiger partial charge in [-0.05, 0) is 43.3 Å². The molecule has 2 atom stereocenters. The highest BCUT2D eigenvalue weighted by atomic mass is 16.2. The van der Waals surface area contributed by atoms with Crippen LogP contribution >= 0.6 is 0 Å². The van der Waals surface area contributed by atoms with Crippen molar-refractivity contribution in [2.75, 3.05) is 13.1 Å². The topological polar surface area (TPSA) is 41.1 Å². The lowest BCUT2D eigenvalue weighted by atomic mass is 9.88. The first-order valence-corrected chi connectivity index (χ1v) is 7.31. The molecule has 1 saturated carbocycles. The average Bonchev–Trinajstić information content (AvgIpc) is 3.18. The largest absolute Gasteiger partial charge is 0.349 e. The van der Waals surface area contributed by atoms with Gasteiger partial charge in [-0.1, -0.05) is 37.3 Å². The minimum absolute atomic E-state index is 0.117. The number of hydrogen-bond donors (Lipinski definition) is 2. The number of hydrogen-bond acceptors (Lipinski definition) is 2. The second-order valence-corrected chi connectivity index (χ2v) is 5.94. The molecule has 1 aromatic rings. The molecule has 3 nitrogen and oxygen atoms in total. The van der Waals surface area contributed by atoms with Crippen LogP contribution in [0.4, 0.5) is 0 Å². The van der Waals surface area contributed by atoms with E-state index in [1.807, 2.05) is 6.07 Å². The summed E-state index contributed by atoms with van der Waals surface area (Å²) >= 11 is 0. The lowest BCUT2D eigenvalue weighted by Crippen LogP contribution is -2.50. The van der Waals surface area contributed by atoms with Crippen LogP contribution in [0.2, 0.25) is 0 Å². The molecular weight excluding hydrogens is 236 g/mol. The summed E-state index contributed by atoms with van der Waals surface area (Å²) in [5.74, 6) is 1.48. The van der Waals surface area contributed by atoms with E-state index in [1.165, 1.54) is 18.4 Å². The van der Waals surface area contributed by atoms with Gasteiger partial charge < -0.3 is 10.6 Å². The third kappa shape index (κ3) is 2.81. The molecule has 0 radical (unpaired) electrons. The minimum atomic E-state index is 0.117. The normalized spacial score (nSPS) is 22.4. The third-order valence-corrected chi connectivity index (χ3v) is 4.48. The van der Waals surface area contributed by atoms with Gasteiger partial charge in [0, 0.05) is 5.92 Å². The molecule has 19 heavy (non-hydrogen) atoms. The molecule has 1 aliphatic carbocycles. The van der Waals surface area contributed by atoms with E-state index in [0.29, 0.717) is 11.8 Å². The van der Waals surface area contributed by atoms with Crippen LogP contribution in [0.1, 0.15) is 31.4 Å². The Morgan fingerprint density at radius 2 is 1.89 bits per heavy atom. The number of benzene rings is 1. The Balaban J connectivity index is 1.66. The Kier molecular flexibility index (Phi) is 3.56. The van der Waals surface area contributed by atoms with Crippen molar-refractivity contribution in [3.05, 3.63) is 35.9 Å². The molecule has 1 amide bonds. The van der Waals surface area contributed by atoms with E-state index in [0.717, 1.165) is 13.1 Å². The first-order valence-electron chi connectivity index (χ1n) is 7.31. The van der Waals surface area contributed by atoms with E-state index in [9.17, 15) is 4.79 Å². The molecular formula is C16H22N2O. The maximum absolute atomic E-state index is 12.4. The summed E-state index contributed by atoms with van der Waals surface area (Å²) in [5.41, 5.74) is 1.25. The van der Waals surface area contributed by atoms with Crippen LogP contribution in [0, 0.1) is 17.8 Å². The number of amides is 1. The molecule has 2 unspecified atom stereocenters. The molecule has 1 saturated heterocycles. The van der Waals surface area contributed by atoms with Gasteiger partial charge in [0.2, 0.25) is 5.91 Å². The molecule has 0 bridgehead atoms. The van der Waals surface area contributed by atoms with Gasteiger partial charge in [-0.15, -0.1) is 0 Å². The van der Waals surface area contributed by atoms with E-state index in [-0.39, 0.29) is 17.9 Å². The average molecular weight is 258 g/mol. The molecule has 0 aromatic heterocycles. The van der Waals surface area contributed by atoms with E-state index >= 15 is 0 Å². The highest BCUT2D eigenvalue weighted by Gasteiger charge is 2.36. The molecule has 2 N–H and O–H groups in total. The van der Waals surface area contributed by atoms with Crippen molar-refractivity contribution in [1.29, 1.82) is 0 Å². The smallest absolute Gasteiger partial charge is 0.223 e. The molecule has 1 aliphatic heterocycles. The summed E-state index contributed by atoms with van der Waals surface area (Å²) in [7, 11) is 0. The van der Waals surface area contributed by atoms with E-state index < -0.39 is 0 Å². The predicted octanol–water partition coefficient (Wildman–Crippen LogP) is 2.11. The van der Waals surface area contributed by atoms with Crippen molar-refractivity contribution >= 4 is 5.91 Å². The van der Waals surface area contributed by atoms with Crippen molar-refractivity contribution in [3.8, 4) is 0 Å². The first-order chi connectivity index (χ1) is 9.25. The quantitative estimate of drug-likeness (QED) is 0.849. The summed E-state index contributed by atoms with van der Waals surface area (Å²) in [6, 6.07) is 10.6. The highest BCUT2D eigenvalue weighted by molar-refractivity contribution is 5.79. The second-order valence-electron chi connectivity index (χ2n) is 5.94. The summed E-state index contributed by atoms with van der Waals surface area (Å²) < 4.78 is 0. The molecule has 1 heterocycles. The zero-order valence-electron chi connectivity index (χ0n) is 11.4. The van der Waals surface area contributed by atoms with Crippen LogP contribution in [-0.2, 0) is 4.79 Å². The van der Waals surface area contributed by atoms with E-state index in [1.54, 1.807) is 0 Å². The van der Waals surface area contributed by atoms with Gasteiger partial charge in [0.15, 0.2) is 0 Å². The van der Waals surface area contributed by atoms with Crippen LogP contribution < -0.4 is 10.6 Å². The number of carbonyl (C=O) groups excluding carboxylic acids is 1. The maximum atomic E-state index is 12.4. The van der Waals surface area contributed by atoms with Crippen LogP contribution in [0.25, 0.3) is 0 Å². The first kappa shape index (κ1) is 12.7. The van der Waals surface area contributed by atoms with Gasteiger partial charge in [0.05, 0.1) is 6.04 Å². The predicted molar refractivity (Wildman–Crippen MR) is 75.6 cm³/mol. The number of carbonyl (C=O) groups is 1. The third-order valence-electron chi connectivity index (χ3n) is 4.48. The standard InChI is InChI=1S/C16H22N2O/c1-11(14-9-17-10-14)16(19)18-15(13-7-8-13)12-5-3-2-4-6-12/h2-6,11,13-15,17H,7-10H2,1H3,(H,18,19). The lowest BCUT2D eigenvalue weighted by molar-refractivity contribution is -0.127. The lowest BCUT2D eigenvalue weighted by Gasteiger charge is -2.33. The Labute approximate surface area is 114 Å². The van der Waals surface area contributed by atoms with Crippen LogP contribution in [0.15, 0.2) is 30.3 Å². The summed E-state index contributed by atoms with van der Waals surface area (Å²) in [6.45, 7) is 4.01. The second kappa shape index (κ2) is 5.33. The Bertz CT molecular complexity index is 437. The zero-order chi connectivity index (χ0) is 13.2. The van der Waals surface area contributed by atoms with Crippen molar-refractivity contribution in [3.63, 3.8) is 0 Å². The van der Waals surface area contributed by atoms with Gasteiger partial charge >= 0.3 is 0 Å². The Morgan fingerprint density at radius 1 is 1.21 bits per heavy atom. The minimum Gasteiger partial charge on any atom is -0.349 e. The summed E-state index contributed by atoms with van der Waals surface area (Å²) in [6.07, 6.45) is 2.47. The molecule has 0 spiro atoms. The molecule has 3 heteroatoms. The van der Waals surface area contributed by atoms with Gasteiger partial charge in [-0.2, -0.15) is 0 Å². The summed E-state index contributed by atoms with van der Waals surface area (Å²) in [4.78, 5) is 12.4. The van der Waals surface area contributed by atoms with Crippen molar-refractivity contribution in [1.82, 2.24) is 10.6 Å². The SMILES string of the molecule is CC(C(=O)NC(c1ccccc1)C1CC1)C1CNC1. The van der Waals surface area contributed by atoms with Crippen LogP contribution in [-0.4, -0.2) is 19.0 Å². The maximum Gasteiger partial charge on any atom is 0.223 e. The van der Waals surface area contributed by atoms with Crippen LogP contribution in [0.5, 0.6) is 0 Å². The van der Waals surface area contributed by atoms with E-state index in [4.69, 9.17) is 0 Å². The fourth-order valence-corrected chi connectivity index (χ4v) is 2.73. The van der Waals surface area contributed by atoms with Gasteiger partial charge in [0.25, 0.3) is 0 Å². The highest BCUT2D eigenvalue weighted by Crippen LogP contribution is 2.41. The molecule has 102 valence electrons. The number of rotatable bonds is 5. The van der Waals surface area contributed by atoms with Gasteiger partial charge in [0.1, 0.15) is 0 Å². The monoisotopic (exact) mass is 258 g/mol. The van der Waals surface area contributed by atoms with Crippen molar-refractivity contribution < 1.29 is 4.79 Å². The fourth-order valence-electron chi connectivity index (χ4n) is 2.73. The zero-order valence-corrected chi connectivity index (χ0v) is 11.4.